The average Bonchev–Trinajstić information content (AvgIpc) is 3.13. The van der Waals surface area contributed by atoms with Gasteiger partial charge in [0, 0.05) is 35.7 Å². The van der Waals surface area contributed by atoms with Gasteiger partial charge in [-0.05, 0) is 63.1 Å². The Hall–Kier alpha value is -3.55. The van der Waals surface area contributed by atoms with Gasteiger partial charge in [0.15, 0.2) is 5.69 Å². The molecule has 3 aromatic rings. The molecule has 8 heteroatoms. The molecule has 0 atom stereocenters. The fourth-order valence-electron chi connectivity index (χ4n) is 3.99. The van der Waals surface area contributed by atoms with Crippen molar-refractivity contribution in [2.75, 3.05) is 17.2 Å². The largest absolute Gasteiger partial charge is 0.383 e. The molecule has 1 aromatic carbocycles. The van der Waals surface area contributed by atoms with Gasteiger partial charge in [0.1, 0.15) is 5.82 Å². The van der Waals surface area contributed by atoms with Crippen LogP contribution >= 0.6 is 0 Å². The van der Waals surface area contributed by atoms with Crippen LogP contribution in [0.5, 0.6) is 0 Å². The van der Waals surface area contributed by atoms with Crippen molar-refractivity contribution in [3.05, 3.63) is 74.2 Å². The Morgan fingerprint density at radius 2 is 1.58 bits per heavy atom. The van der Waals surface area contributed by atoms with E-state index in [1.165, 1.54) is 9.47 Å². The van der Waals surface area contributed by atoms with E-state index < -0.39 is 11.2 Å². The lowest BCUT2D eigenvalue weighted by Crippen LogP contribution is -2.41. The molecule has 0 aliphatic carbocycles. The van der Waals surface area contributed by atoms with Crippen LogP contribution in [0, 0.1) is 13.8 Å². The van der Waals surface area contributed by atoms with Gasteiger partial charge in [0.05, 0.1) is 0 Å². The molecule has 3 N–H and O–H groups in total. The number of carbonyl (C=O) groups is 1. The summed E-state index contributed by atoms with van der Waals surface area (Å²) < 4.78 is 3.45. The third kappa shape index (κ3) is 4.94. The first kappa shape index (κ1) is 24.1. The van der Waals surface area contributed by atoms with Gasteiger partial charge in [-0.2, -0.15) is 0 Å². The molecule has 0 radical (unpaired) electrons. The summed E-state index contributed by atoms with van der Waals surface area (Å²) in [4.78, 5) is 42.3. The topological polar surface area (TPSA) is 106 Å². The summed E-state index contributed by atoms with van der Waals surface area (Å²) in [6, 6.07) is 11.4. The van der Waals surface area contributed by atoms with E-state index in [2.05, 4.69) is 9.55 Å². The second-order valence-electron chi connectivity index (χ2n) is 8.31. The van der Waals surface area contributed by atoms with Crippen molar-refractivity contribution in [2.45, 2.75) is 59.9 Å². The molecule has 33 heavy (non-hydrogen) atoms. The van der Waals surface area contributed by atoms with Crippen LogP contribution in [0.2, 0.25) is 0 Å². The summed E-state index contributed by atoms with van der Waals surface area (Å²) in [5.41, 5.74) is 8.72. The molecule has 0 spiro atoms. The predicted molar refractivity (Wildman–Crippen MR) is 132 cm³/mol. The predicted octanol–water partition coefficient (Wildman–Crippen LogP) is 3.77. The van der Waals surface area contributed by atoms with Gasteiger partial charge in [0.2, 0.25) is 0 Å². The van der Waals surface area contributed by atoms with E-state index in [0.717, 1.165) is 36.3 Å². The molecule has 0 bridgehead atoms. The standard InChI is InChI=1S/C25H33N5O3/c1-5-7-15-28(21-22(26)29(16-8-6-2)25(33)27-23(21)31)24(32)19-11-13-20(14-12-19)30-17(3)9-10-18(30)4/h9-14H,5-8,15-16,26H2,1-4H3,(H,27,31,33). The Morgan fingerprint density at radius 3 is 2.15 bits per heavy atom. The van der Waals surface area contributed by atoms with E-state index in [-0.39, 0.29) is 17.4 Å². The minimum atomic E-state index is -0.648. The molecular formula is C25H33N5O3. The number of nitrogen functional groups attached to an aromatic ring is 1. The van der Waals surface area contributed by atoms with Gasteiger partial charge in [-0.25, -0.2) is 4.79 Å². The molecule has 0 unspecified atom stereocenters. The maximum Gasteiger partial charge on any atom is 0.330 e. The molecule has 2 heterocycles. The second-order valence-corrected chi connectivity index (χ2v) is 8.31. The molecule has 0 aliphatic rings. The fraction of sp³-hybridized carbons (Fsp3) is 0.400. The van der Waals surface area contributed by atoms with E-state index in [4.69, 9.17) is 5.73 Å². The Balaban J connectivity index is 2.03. The number of aryl methyl sites for hydroxylation is 2. The molecule has 2 aromatic heterocycles. The van der Waals surface area contributed by atoms with E-state index in [1.807, 2.05) is 52.0 Å². The Morgan fingerprint density at radius 1 is 0.970 bits per heavy atom. The molecule has 0 saturated heterocycles. The lowest BCUT2D eigenvalue weighted by atomic mass is 10.1. The zero-order valence-corrected chi connectivity index (χ0v) is 19.9. The Kier molecular flexibility index (Phi) is 7.58. The smallest absolute Gasteiger partial charge is 0.330 e. The number of anilines is 2. The lowest BCUT2D eigenvalue weighted by molar-refractivity contribution is 0.0986. The quantitative estimate of drug-likeness (QED) is 0.516. The van der Waals surface area contributed by atoms with Gasteiger partial charge in [-0.1, -0.05) is 26.7 Å². The lowest BCUT2D eigenvalue weighted by Gasteiger charge is -2.24. The Labute approximate surface area is 193 Å². The van der Waals surface area contributed by atoms with Gasteiger partial charge < -0.3 is 15.2 Å². The highest BCUT2D eigenvalue weighted by Crippen LogP contribution is 2.22. The van der Waals surface area contributed by atoms with Crippen LogP contribution in [0.3, 0.4) is 0 Å². The normalized spacial score (nSPS) is 11.0. The zero-order chi connectivity index (χ0) is 24.1. The van der Waals surface area contributed by atoms with Crippen LogP contribution in [-0.4, -0.2) is 26.6 Å². The maximum absolute atomic E-state index is 13.5. The SMILES string of the molecule is CCCCN(C(=O)c1ccc(-n2c(C)ccc2C)cc1)c1c(N)n(CCCC)c(=O)[nH]c1=O. The summed E-state index contributed by atoms with van der Waals surface area (Å²) >= 11 is 0. The van der Waals surface area contributed by atoms with Crippen molar-refractivity contribution < 1.29 is 4.79 Å². The van der Waals surface area contributed by atoms with Crippen LogP contribution < -0.4 is 21.9 Å². The van der Waals surface area contributed by atoms with Crippen LogP contribution in [0.15, 0.2) is 46.0 Å². The molecule has 0 aliphatic heterocycles. The number of H-pyrrole nitrogens is 1. The number of aromatic amines is 1. The fourth-order valence-corrected chi connectivity index (χ4v) is 3.99. The number of hydrogen-bond acceptors (Lipinski definition) is 4. The van der Waals surface area contributed by atoms with Crippen molar-refractivity contribution >= 4 is 17.4 Å². The third-order valence-electron chi connectivity index (χ3n) is 5.84. The number of amides is 1. The summed E-state index contributed by atoms with van der Waals surface area (Å²) in [7, 11) is 0. The molecule has 3 rings (SSSR count). The summed E-state index contributed by atoms with van der Waals surface area (Å²) in [5, 5.41) is 0. The van der Waals surface area contributed by atoms with Gasteiger partial charge in [0.25, 0.3) is 11.5 Å². The monoisotopic (exact) mass is 451 g/mol. The van der Waals surface area contributed by atoms with Crippen molar-refractivity contribution in [1.29, 1.82) is 0 Å². The summed E-state index contributed by atoms with van der Waals surface area (Å²) in [5.74, 6) is -0.300. The number of nitrogens with zero attached hydrogens (tertiary/aromatic N) is 3. The van der Waals surface area contributed by atoms with E-state index in [9.17, 15) is 14.4 Å². The molecule has 0 saturated carbocycles. The van der Waals surface area contributed by atoms with Crippen LogP contribution in [0.4, 0.5) is 11.5 Å². The van der Waals surface area contributed by atoms with Crippen LogP contribution in [0.1, 0.15) is 61.3 Å². The zero-order valence-electron chi connectivity index (χ0n) is 19.9. The van der Waals surface area contributed by atoms with Gasteiger partial charge in [-0.3, -0.25) is 19.1 Å². The van der Waals surface area contributed by atoms with E-state index in [0.29, 0.717) is 25.1 Å². The minimum Gasteiger partial charge on any atom is -0.383 e. The molecule has 8 nitrogen and oxygen atoms in total. The molecular weight excluding hydrogens is 418 g/mol. The first-order chi connectivity index (χ1) is 15.8. The first-order valence-corrected chi connectivity index (χ1v) is 11.5. The van der Waals surface area contributed by atoms with Crippen molar-refractivity contribution in [1.82, 2.24) is 14.1 Å². The maximum atomic E-state index is 13.5. The summed E-state index contributed by atoms with van der Waals surface area (Å²) in [6.45, 7) is 8.78. The van der Waals surface area contributed by atoms with E-state index >= 15 is 0 Å². The number of unbranched alkanes of at least 4 members (excludes halogenated alkanes) is 2. The number of benzene rings is 1. The highest BCUT2D eigenvalue weighted by molar-refractivity contribution is 6.07. The number of nitrogens with two attached hydrogens (primary N) is 1. The molecule has 176 valence electrons. The van der Waals surface area contributed by atoms with Gasteiger partial charge in [-0.15, -0.1) is 0 Å². The van der Waals surface area contributed by atoms with Crippen molar-refractivity contribution in [3.8, 4) is 5.69 Å². The number of nitrogens with one attached hydrogen (secondary N) is 1. The number of rotatable bonds is 9. The van der Waals surface area contributed by atoms with Gasteiger partial charge >= 0.3 is 5.69 Å². The molecule has 0 fully saturated rings. The van der Waals surface area contributed by atoms with Crippen LogP contribution in [0.25, 0.3) is 5.69 Å². The molecule has 1 amide bonds. The van der Waals surface area contributed by atoms with E-state index in [1.54, 1.807) is 12.1 Å². The average molecular weight is 452 g/mol. The van der Waals surface area contributed by atoms with Crippen molar-refractivity contribution in [3.63, 3.8) is 0 Å². The number of carbonyl (C=O) groups excluding carboxylic acids is 1. The highest BCUT2D eigenvalue weighted by Gasteiger charge is 2.25. The minimum absolute atomic E-state index is 0.0249. The number of aromatic nitrogens is 3. The van der Waals surface area contributed by atoms with Crippen LogP contribution in [-0.2, 0) is 6.54 Å². The third-order valence-corrected chi connectivity index (χ3v) is 5.84. The number of hydrogen-bond donors (Lipinski definition) is 2. The highest BCUT2D eigenvalue weighted by atomic mass is 16.2. The Bertz CT molecular complexity index is 1210. The van der Waals surface area contributed by atoms with Crippen molar-refractivity contribution in [2.24, 2.45) is 0 Å². The second kappa shape index (κ2) is 10.4. The summed E-state index contributed by atoms with van der Waals surface area (Å²) in [6.07, 6.45) is 3.13. The first-order valence-electron chi connectivity index (χ1n) is 11.5.